The fourth-order valence-electron chi connectivity index (χ4n) is 1.01. The van der Waals surface area contributed by atoms with E-state index in [-0.39, 0.29) is 5.71 Å². The lowest BCUT2D eigenvalue weighted by Gasteiger charge is -2.19. The van der Waals surface area contributed by atoms with Crippen LogP contribution in [0.25, 0.3) is 0 Å². The Hall–Kier alpha value is -1.78. The van der Waals surface area contributed by atoms with Crippen LogP contribution in [0, 0.1) is 0 Å². The molecule has 2 N–H and O–H groups in total. The van der Waals surface area contributed by atoms with Crippen molar-refractivity contribution >= 4 is 11.7 Å². The van der Waals surface area contributed by atoms with Gasteiger partial charge in [-0.15, -0.1) is 0 Å². The molecule has 1 heterocycles. The highest BCUT2D eigenvalue weighted by molar-refractivity contribution is 6.42. The topological polar surface area (TPSA) is 74.7 Å². The van der Waals surface area contributed by atoms with Crippen LogP contribution in [-0.2, 0) is 9.53 Å². The molecule has 15 heavy (non-hydrogen) atoms. The van der Waals surface area contributed by atoms with Gasteiger partial charge in [0, 0.05) is 6.20 Å². The Bertz CT molecular complexity index is 361. The van der Waals surface area contributed by atoms with Crippen LogP contribution in [-0.4, -0.2) is 27.5 Å². The molecule has 0 aliphatic carbocycles. The minimum absolute atomic E-state index is 0.130. The first-order chi connectivity index (χ1) is 6.94. The number of oxime groups is 1. The third-order valence-corrected chi connectivity index (χ3v) is 1.55. The molecule has 0 aromatic carbocycles. The Labute approximate surface area is 87.7 Å². The highest BCUT2D eigenvalue weighted by Gasteiger charge is 2.23. The van der Waals surface area contributed by atoms with Gasteiger partial charge in [-0.3, -0.25) is 0 Å². The van der Waals surface area contributed by atoms with E-state index in [2.05, 4.69) is 10.1 Å². The Morgan fingerprint density at radius 2 is 2.20 bits per heavy atom. The number of aromatic nitrogens is 1. The molecule has 0 amide bonds. The first-order valence-corrected chi connectivity index (χ1v) is 4.53. The number of nitrogens with zero attached hydrogens (tertiary/aromatic N) is 1. The second-order valence-corrected chi connectivity index (χ2v) is 4.03. The normalized spacial score (nSPS) is 12.6. The summed E-state index contributed by atoms with van der Waals surface area (Å²) in [5.74, 6) is -0.660. The lowest BCUT2D eigenvalue weighted by Crippen LogP contribution is -2.29. The molecule has 0 atom stereocenters. The Morgan fingerprint density at radius 1 is 1.53 bits per heavy atom. The summed E-state index contributed by atoms with van der Waals surface area (Å²) in [5, 5.41) is 11.7. The second kappa shape index (κ2) is 4.16. The molecule has 1 rings (SSSR count). The van der Waals surface area contributed by atoms with E-state index >= 15 is 0 Å². The van der Waals surface area contributed by atoms with Crippen LogP contribution >= 0.6 is 0 Å². The van der Waals surface area contributed by atoms with Crippen molar-refractivity contribution in [2.45, 2.75) is 26.4 Å². The predicted molar refractivity (Wildman–Crippen MR) is 55.0 cm³/mol. The van der Waals surface area contributed by atoms with Gasteiger partial charge in [0.2, 0.25) is 5.71 Å². The van der Waals surface area contributed by atoms with Crippen molar-refractivity contribution < 1.29 is 14.7 Å². The molecule has 0 aliphatic rings. The fraction of sp³-hybridized carbons (Fsp3) is 0.400. The molecule has 1 aromatic rings. The van der Waals surface area contributed by atoms with Crippen LogP contribution in [0.4, 0.5) is 0 Å². The zero-order valence-electron chi connectivity index (χ0n) is 8.94. The smallest absolute Gasteiger partial charge is 0.363 e. The Kier molecular flexibility index (Phi) is 3.14. The van der Waals surface area contributed by atoms with Crippen molar-refractivity contribution in [2.75, 3.05) is 0 Å². The number of rotatable bonds is 2. The predicted octanol–water partition coefficient (Wildman–Crippen LogP) is 1.53. The van der Waals surface area contributed by atoms with Crippen molar-refractivity contribution in [3.8, 4) is 0 Å². The van der Waals surface area contributed by atoms with E-state index < -0.39 is 11.6 Å². The number of carbonyl (C=O) groups excluding carboxylic acids is 1. The zero-order chi connectivity index (χ0) is 11.5. The van der Waals surface area contributed by atoms with Gasteiger partial charge in [0.05, 0.1) is 5.69 Å². The van der Waals surface area contributed by atoms with Gasteiger partial charge < -0.3 is 14.9 Å². The van der Waals surface area contributed by atoms with Crippen molar-refractivity contribution in [3.05, 3.63) is 24.0 Å². The molecule has 1 aromatic heterocycles. The molecule has 0 fully saturated rings. The average Bonchev–Trinajstić information content (AvgIpc) is 2.54. The summed E-state index contributed by atoms with van der Waals surface area (Å²) in [7, 11) is 0. The first-order valence-electron chi connectivity index (χ1n) is 4.53. The lowest BCUT2D eigenvalue weighted by atomic mass is 10.2. The summed E-state index contributed by atoms with van der Waals surface area (Å²) in [6.45, 7) is 5.23. The molecule has 0 unspecified atom stereocenters. The summed E-state index contributed by atoms with van der Waals surface area (Å²) < 4.78 is 5.06. The first kappa shape index (κ1) is 11.3. The standard InChI is InChI=1S/C10H14N2O3/c1-10(2,3)15-9(13)8(12-14)7-5-4-6-11-7/h4-6,11,14H,1-3H3/b12-8-. The molecule has 0 radical (unpaired) electrons. The quantitative estimate of drug-likeness (QED) is 0.336. The van der Waals surface area contributed by atoms with Gasteiger partial charge in [-0.1, -0.05) is 5.16 Å². The van der Waals surface area contributed by atoms with Crippen LogP contribution in [0.5, 0.6) is 0 Å². The van der Waals surface area contributed by atoms with Crippen molar-refractivity contribution in [2.24, 2.45) is 5.16 Å². The molecular formula is C10H14N2O3. The van der Waals surface area contributed by atoms with E-state index in [1.807, 2.05) is 0 Å². The molecule has 0 aliphatic heterocycles. The average molecular weight is 210 g/mol. The van der Waals surface area contributed by atoms with Gasteiger partial charge in [-0.25, -0.2) is 4.79 Å². The van der Waals surface area contributed by atoms with E-state index in [1.165, 1.54) is 0 Å². The molecule has 5 nitrogen and oxygen atoms in total. The van der Waals surface area contributed by atoms with E-state index in [1.54, 1.807) is 39.1 Å². The summed E-state index contributed by atoms with van der Waals surface area (Å²) in [4.78, 5) is 14.3. The molecule has 82 valence electrons. The molecular weight excluding hydrogens is 196 g/mol. The molecule has 0 saturated heterocycles. The number of hydrogen-bond donors (Lipinski definition) is 2. The maximum absolute atomic E-state index is 11.6. The van der Waals surface area contributed by atoms with Crippen LogP contribution in [0.15, 0.2) is 23.5 Å². The van der Waals surface area contributed by atoms with Gasteiger partial charge in [0.15, 0.2) is 0 Å². The van der Waals surface area contributed by atoms with E-state index in [9.17, 15) is 4.79 Å². The monoisotopic (exact) mass is 210 g/mol. The maximum Gasteiger partial charge on any atom is 0.363 e. The zero-order valence-corrected chi connectivity index (χ0v) is 8.94. The SMILES string of the molecule is CC(C)(C)OC(=O)/C(=N\O)c1ccc[nH]1. The molecule has 0 saturated carbocycles. The van der Waals surface area contributed by atoms with Gasteiger partial charge >= 0.3 is 5.97 Å². The van der Waals surface area contributed by atoms with E-state index in [4.69, 9.17) is 9.94 Å². The highest BCUT2D eigenvalue weighted by Crippen LogP contribution is 2.09. The minimum atomic E-state index is -0.660. The van der Waals surface area contributed by atoms with Gasteiger partial charge in [-0.2, -0.15) is 0 Å². The molecule has 5 heteroatoms. The van der Waals surface area contributed by atoms with Crippen molar-refractivity contribution in [3.63, 3.8) is 0 Å². The second-order valence-electron chi connectivity index (χ2n) is 4.03. The Balaban J connectivity index is 2.83. The summed E-state index contributed by atoms with van der Waals surface area (Å²) in [5.41, 5.74) is -0.318. The number of carbonyl (C=O) groups is 1. The van der Waals surface area contributed by atoms with Crippen molar-refractivity contribution in [1.29, 1.82) is 0 Å². The van der Waals surface area contributed by atoms with Crippen LogP contribution in [0.1, 0.15) is 26.5 Å². The minimum Gasteiger partial charge on any atom is -0.455 e. The number of nitrogens with one attached hydrogen (secondary N) is 1. The van der Waals surface area contributed by atoms with Gasteiger partial charge in [-0.05, 0) is 32.9 Å². The number of H-pyrrole nitrogens is 1. The number of hydrogen-bond acceptors (Lipinski definition) is 4. The van der Waals surface area contributed by atoms with E-state index in [0.717, 1.165) is 0 Å². The fourth-order valence-corrected chi connectivity index (χ4v) is 1.01. The van der Waals surface area contributed by atoms with Crippen LogP contribution in [0.2, 0.25) is 0 Å². The maximum atomic E-state index is 11.6. The summed E-state index contributed by atoms with van der Waals surface area (Å²) in [6, 6.07) is 3.32. The number of esters is 1. The van der Waals surface area contributed by atoms with Crippen LogP contribution in [0.3, 0.4) is 0 Å². The third-order valence-electron chi connectivity index (χ3n) is 1.55. The van der Waals surface area contributed by atoms with E-state index in [0.29, 0.717) is 5.69 Å². The summed E-state index contributed by atoms with van der Waals surface area (Å²) >= 11 is 0. The van der Waals surface area contributed by atoms with Crippen molar-refractivity contribution in [1.82, 2.24) is 4.98 Å². The number of ether oxygens (including phenoxy) is 1. The molecule has 0 bridgehead atoms. The lowest BCUT2D eigenvalue weighted by molar-refractivity contribution is -0.146. The number of aromatic amines is 1. The summed E-state index contributed by atoms with van der Waals surface area (Å²) in [6.07, 6.45) is 1.63. The molecule has 0 spiro atoms. The van der Waals surface area contributed by atoms with Gasteiger partial charge in [0.1, 0.15) is 5.60 Å². The third kappa shape index (κ3) is 3.12. The highest BCUT2D eigenvalue weighted by atomic mass is 16.6. The van der Waals surface area contributed by atoms with Crippen LogP contribution < -0.4 is 0 Å². The largest absolute Gasteiger partial charge is 0.455 e. The van der Waals surface area contributed by atoms with Gasteiger partial charge in [0.25, 0.3) is 0 Å². The Morgan fingerprint density at radius 3 is 2.60 bits per heavy atom.